The maximum absolute atomic E-state index is 11.1. The molecule has 0 saturated heterocycles. The highest BCUT2D eigenvalue weighted by atomic mass is 16.5. The quantitative estimate of drug-likeness (QED) is 0.558. The van der Waals surface area contributed by atoms with Crippen LogP contribution in [-0.2, 0) is 16.0 Å². The van der Waals surface area contributed by atoms with Gasteiger partial charge in [0, 0.05) is 19.0 Å². The Hall–Kier alpha value is -1.84. The molecule has 4 nitrogen and oxygen atoms in total. The number of anilines is 1. The summed E-state index contributed by atoms with van der Waals surface area (Å²) in [5.74, 6) is 0.218. The molecule has 0 aliphatic carbocycles. The molecule has 1 aromatic carbocycles. The maximum atomic E-state index is 11.1. The van der Waals surface area contributed by atoms with E-state index in [0.717, 1.165) is 11.3 Å². The van der Waals surface area contributed by atoms with Gasteiger partial charge in [-0.15, -0.1) is 0 Å². The van der Waals surface area contributed by atoms with Crippen molar-refractivity contribution in [3.8, 4) is 5.75 Å². The lowest BCUT2D eigenvalue weighted by molar-refractivity contribution is -0.131. The highest BCUT2D eigenvalue weighted by Crippen LogP contribution is 2.26. The molecule has 2 rings (SSSR count). The van der Waals surface area contributed by atoms with E-state index in [9.17, 15) is 9.59 Å². The molecular formula is C11H11NO3. The van der Waals surface area contributed by atoms with Crippen molar-refractivity contribution in [3.63, 3.8) is 0 Å². The number of fused-ring (bicyclic) bond motifs is 1. The Morgan fingerprint density at radius 3 is 2.93 bits per heavy atom. The van der Waals surface area contributed by atoms with Crippen molar-refractivity contribution in [2.24, 2.45) is 0 Å². The van der Waals surface area contributed by atoms with Crippen LogP contribution in [0.1, 0.15) is 18.9 Å². The van der Waals surface area contributed by atoms with Crippen LogP contribution in [0.4, 0.5) is 5.69 Å². The lowest BCUT2D eigenvalue weighted by atomic mass is 10.0. The van der Waals surface area contributed by atoms with Crippen LogP contribution < -0.4 is 10.1 Å². The standard InChI is InChI=1S/C11H11NO3/c1-7(13)15-9-3-4-10-8(6-9)2-5-11(14)12-10/h3-4,6H,2,5H2,1H3,(H,12,14). The second-order valence-electron chi connectivity index (χ2n) is 3.46. The minimum Gasteiger partial charge on any atom is -0.427 e. The second-order valence-corrected chi connectivity index (χ2v) is 3.46. The fourth-order valence-electron chi connectivity index (χ4n) is 1.59. The molecule has 4 heteroatoms. The zero-order valence-electron chi connectivity index (χ0n) is 8.37. The minimum absolute atomic E-state index is 0.0303. The van der Waals surface area contributed by atoms with Crippen LogP contribution in [0, 0.1) is 0 Å². The minimum atomic E-state index is -0.338. The molecule has 0 radical (unpaired) electrons. The van der Waals surface area contributed by atoms with Gasteiger partial charge in [-0.3, -0.25) is 9.59 Å². The third-order valence-corrected chi connectivity index (χ3v) is 2.23. The molecule has 0 fully saturated rings. The van der Waals surface area contributed by atoms with Gasteiger partial charge in [0.1, 0.15) is 5.75 Å². The number of aryl methyl sites for hydroxylation is 1. The Bertz CT molecular complexity index is 426. The highest BCUT2D eigenvalue weighted by Gasteiger charge is 2.15. The summed E-state index contributed by atoms with van der Waals surface area (Å²) in [7, 11) is 0. The number of hydrogen-bond donors (Lipinski definition) is 1. The van der Waals surface area contributed by atoms with Gasteiger partial charge < -0.3 is 10.1 Å². The van der Waals surface area contributed by atoms with Crippen LogP contribution in [0.3, 0.4) is 0 Å². The molecule has 1 aliphatic heterocycles. The first kappa shape index (κ1) is 9.71. The molecule has 78 valence electrons. The van der Waals surface area contributed by atoms with E-state index in [1.54, 1.807) is 18.2 Å². The number of ether oxygens (including phenoxy) is 1. The van der Waals surface area contributed by atoms with Crippen molar-refractivity contribution >= 4 is 17.6 Å². The van der Waals surface area contributed by atoms with Gasteiger partial charge in [0.2, 0.25) is 5.91 Å². The van der Waals surface area contributed by atoms with Crippen molar-refractivity contribution in [3.05, 3.63) is 23.8 Å². The molecule has 0 aromatic heterocycles. The number of nitrogens with one attached hydrogen (secondary N) is 1. The zero-order valence-corrected chi connectivity index (χ0v) is 8.37. The number of carbonyl (C=O) groups excluding carboxylic acids is 2. The third-order valence-electron chi connectivity index (χ3n) is 2.23. The van der Waals surface area contributed by atoms with Crippen molar-refractivity contribution in [1.29, 1.82) is 0 Å². The molecule has 0 atom stereocenters. The van der Waals surface area contributed by atoms with E-state index in [2.05, 4.69) is 5.32 Å². The predicted molar refractivity (Wildman–Crippen MR) is 54.7 cm³/mol. The van der Waals surface area contributed by atoms with Crippen LogP contribution in [0.25, 0.3) is 0 Å². The smallest absolute Gasteiger partial charge is 0.308 e. The van der Waals surface area contributed by atoms with E-state index < -0.39 is 0 Å². The van der Waals surface area contributed by atoms with Crippen LogP contribution in [-0.4, -0.2) is 11.9 Å². The lowest BCUT2D eigenvalue weighted by Crippen LogP contribution is -2.18. The normalized spacial score (nSPS) is 14.1. The van der Waals surface area contributed by atoms with E-state index in [1.807, 2.05) is 0 Å². The second kappa shape index (κ2) is 3.73. The molecule has 15 heavy (non-hydrogen) atoms. The average molecular weight is 205 g/mol. The number of esters is 1. The summed E-state index contributed by atoms with van der Waals surface area (Å²) >= 11 is 0. The first-order valence-electron chi connectivity index (χ1n) is 4.76. The summed E-state index contributed by atoms with van der Waals surface area (Å²) in [6.45, 7) is 1.36. The maximum Gasteiger partial charge on any atom is 0.308 e. The highest BCUT2D eigenvalue weighted by molar-refractivity contribution is 5.94. The van der Waals surface area contributed by atoms with Gasteiger partial charge in [-0.1, -0.05) is 0 Å². The van der Waals surface area contributed by atoms with Gasteiger partial charge in [-0.05, 0) is 30.2 Å². The molecule has 0 spiro atoms. The Kier molecular flexibility index (Phi) is 2.41. The van der Waals surface area contributed by atoms with Gasteiger partial charge in [-0.25, -0.2) is 0 Å². The summed E-state index contributed by atoms with van der Waals surface area (Å²) in [5.41, 5.74) is 1.82. The van der Waals surface area contributed by atoms with Crippen molar-refractivity contribution in [2.75, 3.05) is 5.32 Å². The summed E-state index contributed by atoms with van der Waals surface area (Å²) < 4.78 is 4.96. The van der Waals surface area contributed by atoms with Gasteiger partial charge in [0.25, 0.3) is 0 Å². The number of hydrogen-bond acceptors (Lipinski definition) is 3. The summed E-state index contributed by atoms with van der Waals surface area (Å²) in [5, 5.41) is 2.76. The Labute approximate surface area is 87.2 Å². The van der Waals surface area contributed by atoms with Crippen LogP contribution in [0.5, 0.6) is 5.75 Å². The fourth-order valence-corrected chi connectivity index (χ4v) is 1.59. The molecule has 1 N–H and O–H groups in total. The number of carbonyl (C=O) groups is 2. The topological polar surface area (TPSA) is 55.4 Å². The number of benzene rings is 1. The van der Waals surface area contributed by atoms with E-state index >= 15 is 0 Å². The molecule has 0 saturated carbocycles. The van der Waals surface area contributed by atoms with Crippen molar-refractivity contribution in [2.45, 2.75) is 19.8 Å². The fraction of sp³-hybridized carbons (Fsp3) is 0.273. The van der Waals surface area contributed by atoms with E-state index in [4.69, 9.17) is 4.74 Å². The van der Waals surface area contributed by atoms with Crippen LogP contribution >= 0.6 is 0 Å². The Balaban J connectivity index is 2.26. The number of amides is 1. The predicted octanol–water partition coefficient (Wildman–Crippen LogP) is 1.50. The lowest BCUT2D eigenvalue weighted by Gasteiger charge is -2.17. The molecule has 1 aromatic rings. The van der Waals surface area contributed by atoms with E-state index in [0.29, 0.717) is 18.6 Å². The molecule has 1 amide bonds. The Morgan fingerprint density at radius 1 is 1.40 bits per heavy atom. The molecule has 0 unspecified atom stereocenters. The zero-order chi connectivity index (χ0) is 10.8. The van der Waals surface area contributed by atoms with Crippen LogP contribution in [0.15, 0.2) is 18.2 Å². The van der Waals surface area contributed by atoms with Gasteiger partial charge in [0.15, 0.2) is 0 Å². The molecule has 1 heterocycles. The molecule has 0 bridgehead atoms. The Morgan fingerprint density at radius 2 is 2.20 bits per heavy atom. The van der Waals surface area contributed by atoms with Crippen LogP contribution in [0.2, 0.25) is 0 Å². The average Bonchev–Trinajstić information content (AvgIpc) is 2.17. The summed E-state index contributed by atoms with van der Waals surface area (Å²) in [4.78, 5) is 21.8. The summed E-state index contributed by atoms with van der Waals surface area (Å²) in [6.07, 6.45) is 1.17. The summed E-state index contributed by atoms with van der Waals surface area (Å²) in [6, 6.07) is 5.21. The molecule has 1 aliphatic rings. The van der Waals surface area contributed by atoms with Gasteiger partial charge in [-0.2, -0.15) is 0 Å². The van der Waals surface area contributed by atoms with Gasteiger partial charge >= 0.3 is 5.97 Å². The van der Waals surface area contributed by atoms with E-state index in [1.165, 1.54) is 6.92 Å². The monoisotopic (exact) mass is 205 g/mol. The first-order chi connectivity index (χ1) is 7.15. The molecular weight excluding hydrogens is 194 g/mol. The third kappa shape index (κ3) is 2.15. The van der Waals surface area contributed by atoms with Gasteiger partial charge in [0.05, 0.1) is 0 Å². The largest absolute Gasteiger partial charge is 0.427 e. The number of rotatable bonds is 1. The SMILES string of the molecule is CC(=O)Oc1ccc2c(c1)CCC(=O)N2. The van der Waals surface area contributed by atoms with E-state index in [-0.39, 0.29) is 11.9 Å². The van der Waals surface area contributed by atoms with Crippen molar-refractivity contribution < 1.29 is 14.3 Å². The first-order valence-corrected chi connectivity index (χ1v) is 4.76. The van der Waals surface area contributed by atoms with Crippen molar-refractivity contribution in [1.82, 2.24) is 0 Å².